The summed E-state index contributed by atoms with van der Waals surface area (Å²) in [4.78, 5) is 37.3. The summed E-state index contributed by atoms with van der Waals surface area (Å²) >= 11 is 4.06. The van der Waals surface area contributed by atoms with Crippen molar-refractivity contribution in [2.75, 3.05) is 5.94 Å². The number of Topliss-reactive ketones (excluding diaryl/α,β-unsaturated/α-hetero) is 3. The van der Waals surface area contributed by atoms with Crippen LogP contribution in [0, 0.1) is 0 Å². The van der Waals surface area contributed by atoms with E-state index in [9.17, 15) is 19.5 Å². The Hall–Kier alpha value is -1.92. The molecule has 6 heteroatoms. The Labute approximate surface area is 150 Å². The summed E-state index contributed by atoms with van der Waals surface area (Å²) in [6.07, 6.45) is 0.0769. The van der Waals surface area contributed by atoms with Crippen LogP contribution in [0.4, 0.5) is 0 Å². The highest BCUT2D eigenvalue weighted by atomic mass is 32.1. The number of thiol groups is 1. The third-order valence-electron chi connectivity index (χ3n) is 5.78. The van der Waals surface area contributed by atoms with E-state index in [1.807, 2.05) is 6.92 Å². The number of hydrogen-bond acceptors (Lipinski definition) is 6. The van der Waals surface area contributed by atoms with E-state index in [0.29, 0.717) is 35.1 Å². The molecule has 0 heterocycles. The fourth-order valence-electron chi connectivity index (χ4n) is 4.43. The molecule has 3 aliphatic rings. The number of benzene rings is 1. The SMILES string of the molecule is C[C@]12C(=C(OCS)C(=O)c3c1ccc1c3CCC1=O)CC(=O)C[C@H]2O. The predicted molar refractivity (Wildman–Crippen MR) is 93.0 cm³/mol. The zero-order valence-corrected chi connectivity index (χ0v) is 14.7. The van der Waals surface area contributed by atoms with Crippen molar-refractivity contribution in [1.82, 2.24) is 0 Å². The summed E-state index contributed by atoms with van der Waals surface area (Å²) in [7, 11) is 0. The van der Waals surface area contributed by atoms with Crippen molar-refractivity contribution in [3.63, 3.8) is 0 Å². The van der Waals surface area contributed by atoms with Crippen LogP contribution in [0.2, 0.25) is 0 Å². The lowest BCUT2D eigenvalue weighted by Gasteiger charge is -2.45. The highest BCUT2D eigenvalue weighted by molar-refractivity contribution is 7.80. The van der Waals surface area contributed by atoms with Gasteiger partial charge in [0, 0.05) is 35.8 Å². The standard InChI is InChI=1S/C19H18O5S/c1-19-12-4-2-10-11(3-5-14(10)21)16(12)17(23)18(24-8-25)13(19)6-9(20)7-15(19)22/h2,4,15,22,25H,3,5-8H2,1H3/t15-,19-/m1/s1. The second kappa shape index (κ2) is 5.54. The minimum Gasteiger partial charge on any atom is -0.479 e. The lowest BCUT2D eigenvalue weighted by atomic mass is 9.60. The Morgan fingerprint density at radius 2 is 2.04 bits per heavy atom. The van der Waals surface area contributed by atoms with E-state index >= 15 is 0 Å². The first-order valence-corrected chi connectivity index (χ1v) is 8.94. The minimum atomic E-state index is -0.940. The number of allylic oxidation sites excluding steroid dienone is 1. The van der Waals surface area contributed by atoms with Gasteiger partial charge in [-0.2, -0.15) is 0 Å². The lowest BCUT2D eigenvalue weighted by Crippen LogP contribution is -2.49. The van der Waals surface area contributed by atoms with Crippen LogP contribution in [-0.2, 0) is 21.4 Å². The monoisotopic (exact) mass is 358 g/mol. The Morgan fingerprint density at radius 1 is 1.28 bits per heavy atom. The number of rotatable bonds is 2. The second-order valence-electron chi connectivity index (χ2n) is 6.99. The number of aliphatic hydroxyl groups is 1. The largest absolute Gasteiger partial charge is 0.479 e. The molecule has 0 spiro atoms. The maximum atomic E-state index is 13.2. The molecule has 2 atom stereocenters. The third-order valence-corrected chi connectivity index (χ3v) is 5.91. The topological polar surface area (TPSA) is 80.7 Å². The molecule has 5 nitrogen and oxygen atoms in total. The number of carbonyl (C=O) groups is 3. The predicted octanol–water partition coefficient (Wildman–Crippen LogP) is 2.15. The normalized spacial score (nSPS) is 28.0. The molecule has 0 aliphatic heterocycles. The van der Waals surface area contributed by atoms with Gasteiger partial charge >= 0.3 is 0 Å². The number of hydrogen-bond donors (Lipinski definition) is 2. The molecule has 0 bridgehead atoms. The lowest BCUT2D eigenvalue weighted by molar-refractivity contribution is -0.123. The second-order valence-corrected chi connectivity index (χ2v) is 7.24. The molecular weight excluding hydrogens is 340 g/mol. The first-order valence-electron chi connectivity index (χ1n) is 8.30. The van der Waals surface area contributed by atoms with Crippen LogP contribution in [0.1, 0.15) is 58.0 Å². The van der Waals surface area contributed by atoms with Crippen molar-refractivity contribution in [3.8, 4) is 0 Å². The van der Waals surface area contributed by atoms with Crippen LogP contribution in [0.15, 0.2) is 23.5 Å². The van der Waals surface area contributed by atoms with Crippen molar-refractivity contribution in [1.29, 1.82) is 0 Å². The molecule has 1 saturated carbocycles. The van der Waals surface area contributed by atoms with Crippen LogP contribution in [0.5, 0.6) is 0 Å². The summed E-state index contributed by atoms with van der Waals surface area (Å²) in [5, 5.41) is 10.7. The zero-order valence-electron chi connectivity index (χ0n) is 13.8. The van der Waals surface area contributed by atoms with E-state index in [1.54, 1.807) is 12.1 Å². The summed E-state index contributed by atoms with van der Waals surface area (Å²) in [6.45, 7) is 1.84. The maximum absolute atomic E-state index is 13.2. The molecule has 130 valence electrons. The Morgan fingerprint density at radius 3 is 2.76 bits per heavy atom. The van der Waals surface area contributed by atoms with Crippen LogP contribution >= 0.6 is 12.6 Å². The number of ketones is 3. The number of fused-ring (bicyclic) bond motifs is 5. The van der Waals surface area contributed by atoms with Gasteiger partial charge in [-0.05, 0) is 30.0 Å². The molecule has 1 fully saturated rings. The number of ether oxygens (including phenoxy) is 1. The van der Waals surface area contributed by atoms with E-state index < -0.39 is 11.5 Å². The molecule has 25 heavy (non-hydrogen) atoms. The summed E-state index contributed by atoms with van der Waals surface area (Å²) in [6, 6.07) is 3.50. The Bertz CT molecular complexity index is 869. The Balaban J connectivity index is 2.03. The molecule has 0 radical (unpaired) electrons. The quantitative estimate of drug-likeness (QED) is 0.625. The Kier molecular flexibility index (Phi) is 3.67. The van der Waals surface area contributed by atoms with Crippen molar-refractivity contribution in [2.24, 2.45) is 0 Å². The number of aliphatic hydroxyl groups excluding tert-OH is 1. The van der Waals surface area contributed by atoms with Gasteiger partial charge in [-0.3, -0.25) is 14.4 Å². The van der Waals surface area contributed by atoms with Gasteiger partial charge in [0.25, 0.3) is 0 Å². The molecule has 0 aromatic heterocycles. The van der Waals surface area contributed by atoms with Crippen LogP contribution < -0.4 is 0 Å². The van der Waals surface area contributed by atoms with E-state index in [-0.39, 0.29) is 41.9 Å². The molecule has 1 aromatic rings. The molecule has 4 rings (SSSR count). The van der Waals surface area contributed by atoms with Gasteiger partial charge in [0.15, 0.2) is 11.5 Å². The van der Waals surface area contributed by atoms with Gasteiger partial charge in [-0.25, -0.2) is 0 Å². The summed E-state index contributed by atoms with van der Waals surface area (Å²) in [5.41, 5.74) is 2.10. The van der Waals surface area contributed by atoms with Crippen LogP contribution in [0.25, 0.3) is 0 Å². The highest BCUT2D eigenvalue weighted by Crippen LogP contribution is 2.50. The summed E-state index contributed by atoms with van der Waals surface area (Å²) in [5.74, 6) is -0.307. The average molecular weight is 358 g/mol. The molecule has 0 unspecified atom stereocenters. The molecule has 0 amide bonds. The van der Waals surface area contributed by atoms with E-state index in [4.69, 9.17) is 4.74 Å². The summed E-state index contributed by atoms with van der Waals surface area (Å²) < 4.78 is 5.52. The molecule has 1 aromatic carbocycles. The zero-order chi connectivity index (χ0) is 17.9. The molecule has 1 N–H and O–H groups in total. The van der Waals surface area contributed by atoms with Crippen LogP contribution in [-0.4, -0.2) is 34.5 Å². The van der Waals surface area contributed by atoms with Crippen molar-refractivity contribution in [3.05, 3.63) is 45.7 Å². The first kappa shape index (κ1) is 16.5. The van der Waals surface area contributed by atoms with Gasteiger partial charge in [0.2, 0.25) is 5.78 Å². The third kappa shape index (κ3) is 2.10. The van der Waals surface area contributed by atoms with E-state index in [2.05, 4.69) is 12.6 Å². The van der Waals surface area contributed by atoms with Crippen molar-refractivity contribution < 1.29 is 24.2 Å². The fraction of sp³-hybridized carbons (Fsp3) is 0.421. The van der Waals surface area contributed by atoms with Gasteiger partial charge in [0.05, 0.1) is 6.10 Å². The smallest absolute Gasteiger partial charge is 0.228 e. The number of carbonyl (C=O) groups excluding carboxylic acids is 3. The first-order chi connectivity index (χ1) is 11.9. The van der Waals surface area contributed by atoms with Gasteiger partial charge in [-0.1, -0.05) is 12.1 Å². The molecule has 0 saturated heterocycles. The minimum absolute atomic E-state index is 0.00573. The maximum Gasteiger partial charge on any atom is 0.228 e. The highest BCUT2D eigenvalue weighted by Gasteiger charge is 2.52. The molecular formula is C19H18O5S. The van der Waals surface area contributed by atoms with Gasteiger partial charge in [0.1, 0.15) is 11.7 Å². The average Bonchev–Trinajstić information content (AvgIpc) is 2.95. The van der Waals surface area contributed by atoms with E-state index in [0.717, 1.165) is 5.56 Å². The van der Waals surface area contributed by atoms with Gasteiger partial charge < -0.3 is 9.84 Å². The van der Waals surface area contributed by atoms with Gasteiger partial charge in [-0.15, -0.1) is 12.6 Å². The fourth-order valence-corrected chi connectivity index (χ4v) is 4.56. The molecule has 3 aliphatic carbocycles. The van der Waals surface area contributed by atoms with Crippen molar-refractivity contribution >= 4 is 30.0 Å². The van der Waals surface area contributed by atoms with E-state index in [1.165, 1.54) is 0 Å². The van der Waals surface area contributed by atoms with Crippen molar-refractivity contribution in [2.45, 2.75) is 44.1 Å². The van der Waals surface area contributed by atoms with Crippen LogP contribution in [0.3, 0.4) is 0 Å².